The molecule has 2 heteroatoms. The molecule has 1 aliphatic rings. The van der Waals surface area contributed by atoms with E-state index in [0.29, 0.717) is 0 Å². The predicted molar refractivity (Wildman–Crippen MR) is 80.7 cm³/mol. The molecule has 102 valence electrons. The normalized spacial score (nSPS) is 22.2. The fourth-order valence-corrected chi connectivity index (χ4v) is 3.56. The molecule has 0 unspecified atom stereocenters. The van der Waals surface area contributed by atoms with E-state index < -0.39 is 0 Å². The summed E-state index contributed by atoms with van der Waals surface area (Å²) in [5, 5.41) is 0. The molecule has 0 fully saturated rings. The molecule has 0 saturated heterocycles. The van der Waals surface area contributed by atoms with Gasteiger partial charge in [-0.3, -0.25) is 0 Å². The highest BCUT2D eigenvalue weighted by atomic mass is 79.9. The fraction of sp³-hybridized carbons (Fsp3) is 0.625. The van der Waals surface area contributed by atoms with E-state index in [0.717, 1.165) is 15.6 Å². The van der Waals surface area contributed by atoms with Crippen LogP contribution in [-0.2, 0) is 10.8 Å². The van der Waals surface area contributed by atoms with Crippen molar-refractivity contribution in [3.8, 4) is 0 Å². The summed E-state index contributed by atoms with van der Waals surface area (Å²) in [5.41, 5.74) is 1.85. The number of hydrogen-bond acceptors (Lipinski definition) is 0. The SMILES string of the molecule is C.CC1(C)c2cc(Br)cc(F)c2C(C)(C)C1(C)C. The molecule has 0 heterocycles. The second kappa shape index (κ2) is 4.06. The summed E-state index contributed by atoms with van der Waals surface area (Å²) >= 11 is 3.40. The Morgan fingerprint density at radius 1 is 0.944 bits per heavy atom. The Kier molecular flexibility index (Phi) is 3.54. The van der Waals surface area contributed by atoms with Crippen LogP contribution in [0, 0.1) is 11.2 Å². The maximum Gasteiger partial charge on any atom is 0.128 e. The van der Waals surface area contributed by atoms with Crippen LogP contribution < -0.4 is 0 Å². The lowest BCUT2D eigenvalue weighted by atomic mass is 9.59. The third kappa shape index (κ3) is 1.61. The van der Waals surface area contributed by atoms with Gasteiger partial charge in [0, 0.05) is 4.47 Å². The molecular formula is C16H24BrF. The minimum atomic E-state index is -0.156. The first-order chi connectivity index (χ1) is 7.53. The van der Waals surface area contributed by atoms with Gasteiger partial charge in [-0.15, -0.1) is 0 Å². The highest BCUT2D eigenvalue weighted by molar-refractivity contribution is 9.10. The lowest BCUT2D eigenvalue weighted by molar-refractivity contribution is 0.123. The van der Waals surface area contributed by atoms with Crippen LogP contribution in [0.5, 0.6) is 0 Å². The van der Waals surface area contributed by atoms with E-state index in [-0.39, 0.29) is 29.5 Å². The molecule has 0 amide bonds. The van der Waals surface area contributed by atoms with Crippen molar-refractivity contribution in [2.75, 3.05) is 0 Å². The molecule has 0 N–H and O–H groups in total. The maximum absolute atomic E-state index is 14.3. The average Bonchev–Trinajstić information content (AvgIpc) is 2.23. The molecule has 0 spiro atoms. The van der Waals surface area contributed by atoms with Gasteiger partial charge < -0.3 is 0 Å². The minimum Gasteiger partial charge on any atom is -0.207 e. The standard InChI is InChI=1S/C15H20BrF.CH4/c1-13(2)10-7-9(16)8-11(17)12(10)14(3,4)15(13,5)6;/h7-8H,1-6H3;1H4. The zero-order valence-electron chi connectivity index (χ0n) is 11.4. The van der Waals surface area contributed by atoms with Crippen LogP contribution in [-0.4, -0.2) is 0 Å². The molecule has 1 aromatic carbocycles. The Morgan fingerprint density at radius 2 is 1.44 bits per heavy atom. The largest absolute Gasteiger partial charge is 0.207 e. The summed E-state index contributed by atoms with van der Waals surface area (Å²) in [6.45, 7) is 13.2. The summed E-state index contributed by atoms with van der Waals surface area (Å²) in [6, 6.07) is 3.66. The Bertz CT molecular complexity index is 484. The second-order valence-corrected chi connectivity index (χ2v) is 7.60. The van der Waals surface area contributed by atoms with Gasteiger partial charge in [-0.05, 0) is 39.5 Å². The Morgan fingerprint density at radius 3 is 1.94 bits per heavy atom. The summed E-state index contributed by atoms with van der Waals surface area (Å²) in [6.07, 6.45) is 0. The van der Waals surface area contributed by atoms with E-state index in [1.807, 2.05) is 0 Å². The van der Waals surface area contributed by atoms with Crippen molar-refractivity contribution in [3.63, 3.8) is 0 Å². The minimum absolute atomic E-state index is 0. The molecule has 0 nitrogen and oxygen atoms in total. The van der Waals surface area contributed by atoms with Crippen LogP contribution in [0.2, 0.25) is 0 Å². The van der Waals surface area contributed by atoms with Crippen molar-refractivity contribution in [3.05, 3.63) is 33.5 Å². The second-order valence-electron chi connectivity index (χ2n) is 6.69. The van der Waals surface area contributed by atoms with Crippen molar-refractivity contribution in [1.29, 1.82) is 0 Å². The fourth-order valence-electron chi connectivity index (χ4n) is 3.13. The lowest BCUT2D eigenvalue weighted by Crippen LogP contribution is -2.42. The van der Waals surface area contributed by atoms with Crippen LogP contribution in [0.4, 0.5) is 4.39 Å². The number of rotatable bonds is 0. The van der Waals surface area contributed by atoms with Crippen molar-refractivity contribution >= 4 is 15.9 Å². The van der Waals surface area contributed by atoms with Crippen molar-refractivity contribution in [2.24, 2.45) is 5.41 Å². The van der Waals surface area contributed by atoms with Gasteiger partial charge in [0.25, 0.3) is 0 Å². The highest BCUT2D eigenvalue weighted by Gasteiger charge is 2.57. The third-order valence-electron chi connectivity index (χ3n) is 5.48. The average molecular weight is 315 g/mol. The summed E-state index contributed by atoms with van der Waals surface area (Å²) in [7, 11) is 0. The van der Waals surface area contributed by atoms with Gasteiger partial charge in [-0.25, -0.2) is 4.39 Å². The molecule has 0 atom stereocenters. The Labute approximate surface area is 119 Å². The van der Waals surface area contributed by atoms with Gasteiger partial charge >= 0.3 is 0 Å². The smallest absolute Gasteiger partial charge is 0.128 e. The van der Waals surface area contributed by atoms with Gasteiger partial charge in [0.2, 0.25) is 0 Å². The number of benzene rings is 1. The molecular weight excluding hydrogens is 291 g/mol. The Hall–Kier alpha value is -0.370. The number of fused-ring (bicyclic) bond motifs is 1. The molecule has 0 aromatic heterocycles. The molecule has 1 aromatic rings. The number of halogens is 2. The summed E-state index contributed by atoms with van der Waals surface area (Å²) in [5.74, 6) is -0.0852. The van der Waals surface area contributed by atoms with E-state index in [2.05, 4.69) is 63.5 Å². The molecule has 0 radical (unpaired) electrons. The van der Waals surface area contributed by atoms with E-state index >= 15 is 0 Å². The number of hydrogen-bond donors (Lipinski definition) is 0. The third-order valence-corrected chi connectivity index (χ3v) is 5.94. The topological polar surface area (TPSA) is 0 Å². The first kappa shape index (κ1) is 15.7. The van der Waals surface area contributed by atoms with Crippen LogP contribution in [0.3, 0.4) is 0 Å². The summed E-state index contributed by atoms with van der Waals surface area (Å²) in [4.78, 5) is 0. The molecule has 0 saturated carbocycles. The van der Waals surface area contributed by atoms with E-state index in [4.69, 9.17) is 0 Å². The summed E-state index contributed by atoms with van der Waals surface area (Å²) < 4.78 is 15.1. The molecule has 18 heavy (non-hydrogen) atoms. The lowest BCUT2D eigenvalue weighted by Gasteiger charge is -2.44. The van der Waals surface area contributed by atoms with Gasteiger partial charge in [-0.1, -0.05) is 64.9 Å². The van der Waals surface area contributed by atoms with Crippen molar-refractivity contribution < 1.29 is 4.39 Å². The molecule has 1 aliphatic carbocycles. The van der Waals surface area contributed by atoms with Crippen LogP contribution >= 0.6 is 15.9 Å². The van der Waals surface area contributed by atoms with Crippen molar-refractivity contribution in [1.82, 2.24) is 0 Å². The van der Waals surface area contributed by atoms with Gasteiger partial charge in [0.05, 0.1) is 0 Å². The van der Waals surface area contributed by atoms with E-state index in [9.17, 15) is 4.39 Å². The van der Waals surface area contributed by atoms with Gasteiger partial charge in [0.15, 0.2) is 0 Å². The van der Waals surface area contributed by atoms with E-state index in [1.165, 1.54) is 0 Å². The molecule has 2 rings (SSSR count). The molecule has 0 bridgehead atoms. The van der Waals surface area contributed by atoms with Crippen molar-refractivity contribution in [2.45, 2.75) is 59.8 Å². The van der Waals surface area contributed by atoms with Gasteiger partial charge in [-0.2, -0.15) is 0 Å². The predicted octanol–water partition coefficient (Wildman–Crippen LogP) is 5.82. The first-order valence-corrected chi connectivity index (χ1v) is 6.83. The van der Waals surface area contributed by atoms with E-state index in [1.54, 1.807) is 6.07 Å². The quantitative estimate of drug-likeness (QED) is 0.566. The van der Waals surface area contributed by atoms with Crippen LogP contribution in [0.1, 0.15) is 60.1 Å². The molecule has 0 aliphatic heterocycles. The first-order valence-electron chi connectivity index (χ1n) is 6.03. The van der Waals surface area contributed by atoms with Crippen LogP contribution in [0.25, 0.3) is 0 Å². The monoisotopic (exact) mass is 314 g/mol. The highest BCUT2D eigenvalue weighted by Crippen LogP contribution is 2.62. The van der Waals surface area contributed by atoms with Crippen LogP contribution in [0.15, 0.2) is 16.6 Å². The zero-order chi connectivity index (χ0) is 13.2. The Balaban J connectivity index is 0.00000162. The van der Waals surface area contributed by atoms with Gasteiger partial charge in [0.1, 0.15) is 5.82 Å². The zero-order valence-corrected chi connectivity index (χ0v) is 13.0. The maximum atomic E-state index is 14.3.